The minimum Gasteiger partial charge on any atom is -0.454 e. The van der Waals surface area contributed by atoms with Gasteiger partial charge in [-0.2, -0.15) is 0 Å². The topological polar surface area (TPSA) is 54.0 Å². The van der Waals surface area contributed by atoms with Crippen LogP contribution < -0.4 is 18.9 Å². The highest BCUT2D eigenvalue weighted by Crippen LogP contribution is 2.43. The molecule has 0 aromatic heterocycles. The summed E-state index contributed by atoms with van der Waals surface area (Å²) in [7, 11) is 0. The molecule has 160 valence electrons. The molecule has 2 heterocycles. The van der Waals surface area contributed by atoms with Crippen LogP contribution >= 0.6 is 0 Å². The highest BCUT2D eigenvalue weighted by Gasteiger charge is 2.34. The Morgan fingerprint density at radius 1 is 0.742 bits per heavy atom. The molecule has 0 unspecified atom stereocenters. The second-order valence-electron chi connectivity index (χ2n) is 9.36. The fraction of sp³-hybridized carbons (Fsp3) is 0.346. The quantitative estimate of drug-likeness (QED) is 0.591. The predicted octanol–water partition coefficient (Wildman–Crippen LogP) is 5.64. The van der Waals surface area contributed by atoms with Gasteiger partial charge in [0.2, 0.25) is 13.6 Å². The highest BCUT2D eigenvalue weighted by molar-refractivity contribution is 6.14. The van der Waals surface area contributed by atoms with Crippen molar-refractivity contribution in [2.75, 3.05) is 13.6 Å². The van der Waals surface area contributed by atoms with Gasteiger partial charge in [0.15, 0.2) is 28.8 Å². The first-order valence-corrected chi connectivity index (χ1v) is 10.6. The van der Waals surface area contributed by atoms with Gasteiger partial charge in [0, 0.05) is 11.1 Å². The molecule has 5 heteroatoms. The first-order valence-electron chi connectivity index (χ1n) is 10.6. The average Bonchev–Trinajstić information content (AvgIpc) is 3.38. The number of hydrogen-bond donors (Lipinski definition) is 0. The van der Waals surface area contributed by atoms with Crippen LogP contribution in [-0.2, 0) is 4.79 Å². The third-order valence-corrected chi connectivity index (χ3v) is 6.22. The summed E-state index contributed by atoms with van der Waals surface area (Å²) in [6, 6.07) is 11.6. The molecule has 5 rings (SSSR count). The molecule has 0 saturated heterocycles. The van der Waals surface area contributed by atoms with Crippen LogP contribution in [-0.4, -0.2) is 19.4 Å². The third kappa shape index (κ3) is 3.92. The number of Topliss-reactive ketones (excluding diaryl/α,β-unsaturated/α-hetero) is 1. The van der Waals surface area contributed by atoms with Crippen molar-refractivity contribution in [3.8, 4) is 23.0 Å². The Kier molecular flexibility index (Phi) is 4.77. The Morgan fingerprint density at radius 2 is 1.19 bits per heavy atom. The lowest BCUT2D eigenvalue weighted by molar-refractivity contribution is -0.113. The number of carbonyl (C=O) groups excluding carboxylic acids is 1. The van der Waals surface area contributed by atoms with E-state index in [1.165, 1.54) is 0 Å². The summed E-state index contributed by atoms with van der Waals surface area (Å²) in [5.74, 6) is 3.41. The van der Waals surface area contributed by atoms with Crippen molar-refractivity contribution in [3.05, 3.63) is 58.7 Å². The summed E-state index contributed by atoms with van der Waals surface area (Å²) in [6.45, 7) is 7.20. The summed E-state index contributed by atoms with van der Waals surface area (Å²) in [5, 5.41) is 0. The number of benzene rings is 2. The van der Waals surface area contributed by atoms with Crippen LogP contribution in [0.2, 0.25) is 0 Å². The Hall–Kier alpha value is -3.21. The molecule has 3 aliphatic rings. The Labute approximate surface area is 182 Å². The van der Waals surface area contributed by atoms with Crippen molar-refractivity contribution in [2.45, 2.75) is 33.6 Å². The van der Waals surface area contributed by atoms with E-state index < -0.39 is 0 Å². The van der Waals surface area contributed by atoms with E-state index in [1.807, 2.05) is 48.6 Å². The van der Waals surface area contributed by atoms with E-state index in [9.17, 15) is 4.79 Å². The monoisotopic (exact) mass is 418 g/mol. The second kappa shape index (κ2) is 7.49. The number of ketones is 1. The zero-order chi connectivity index (χ0) is 21.6. The summed E-state index contributed by atoms with van der Waals surface area (Å²) in [4.78, 5) is 13.4. The normalized spacial score (nSPS) is 22.4. The van der Waals surface area contributed by atoms with Crippen molar-refractivity contribution < 1.29 is 23.7 Å². The van der Waals surface area contributed by atoms with E-state index in [1.54, 1.807) is 0 Å². The molecule has 2 aromatic rings. The van der Waals surface area contributed by atoms with Gasteiger partial charge in [-0.05, 0) is 71.7 Å². The van der Waals surface area contributed by atoms with Gasteiger partial charge >= 0.3 is 0 Å². The number of ether oxygens (including phenoxy) is 4. The van der Waals surface area contributed by atoms with E-state index in [0.29, 0.717) is 5.92 Å². The van der Waals surface area contributed by atoms with Gasteiger partial charge in [-0.25, -0.2) is 0 Å². The van der Waals surface area contributed by atoms with Crippen LogP contribution in [0.1, 0.15) is 44.7 Å². The molecule has 1 saturated carbocycles. The van der Waals surface area contributed by atoms with Gasteiger partial charge in [-0.3, -0.25) is 4.79 Å². The summed E-state index contributed by atoms with van der Waals surface area (Å²) >= 11 is 0. The van der Waals surface area contributed by atoms with Crippen molar-refractivity contribution in [1.29, 1.82) is 0 Å². The lowest BCUT2D eigenvalue weighted by atomic mass is 9.68. The number of hydrogen-bond acceptors (Lipinski definition) is 5. The van der Waals surface area contributed by atoms with E-state index in [4.69, 9.17) is 18.9 Å². The fourth-order valence-electron chi connectivity index (χ4n) is 4.26. The van der Waals surface area contributed by atoms with Gasteiger partial charge in [-0.1, -0.05) is 32.9 Å². The molecule has 2 aromatic carbocycles. The molecule has 0 bridgehead atoms. The van der Waals surface area contributed by atoms with Crippen molar-refractivity contribution >= 4 is 17.9 Å². The standard InChI is InChI=1S/C26H26O5/c1-26(2,3)20-12-18(8-16-4-6-21-23(10-16)30-14-28-21)25(27)19(13-20)9-17-5-7-22-24(11-17)31-15-29-22/h4-11,20H,12-15H2,1-3H3. The smallest absolute Gasteiger partial charge is 0.231 e. The second-order valence-corrected chi connectivity index (χ2v) is 9.36. The zero-order valence-electron chi connectivity index (χ0n) is 18.1. The van der Waals surface area contributed by atoms with E-state index >= 15 is 0 Å². The number of allylic oxidation sites excluding steroid dienone is 2. The molecular weight excluding hydrogens is 392 g/mol. The Balaban J connectivity index is 1.50. The van der Waals surface area contributed by atoms with Gasteiger partial charge in [0.25, 0.3) is 0 Å². The summed E-state index contributed by atoms with van der Waals surface area (Å²) < 4.78 is 21.8. The average molecular weight is 418 g/mol. The molecule has 5 nitrogen and oxygen atoms in total. The predicted molar refractivity (Wildman–Crippen MR) is 118 cm³/mol. The molecule has 0 spiro atoms. The lowest BCUT2D eigenvalue weighted by Crippen LogP contribution is -2.29. The minimum absolute atomic E-state index is 0.0860. The minimum atomic E-state index is 0.0860. The van der Waals surface area contributed by atoms with Gasteiger partial charge < -0.3 is 18.9 Å². The molecule has 31 heavy (non-hydrogen) atoms. The summed E-state index contributed by atoms with van der Waals surface area (Å²) in [5.41, 5.74) is 3.64. The largest absolute Gasteiger partial charge is 0.454 e. The molecular formula is C26H26O5. The Bertz CT molecular complexity index is 1020. The molecule has 2 aliphatic heterocycles. The maximum absolute atomic E-state index is 13.4. The SMILES string of the molecule is CC(C)(C)C1CC(=Cc2ccc3c(c2)OCO3)C(=O)C(=Cc2ccc3c(c2)OCO3)C1. The van der Waals surface area contributed by atoms with Crippen LogP contribution in [0.4, 0.5) is 0 Å². The van der Waals surface area contributed by atoms with Crippen LogP contribution in [0.5, 0.6) is 23.0 Å². The first kappa shape index (κ1) is 19.7. The van der Waals surface area contributed by atoms with Crippen molar-refractivity contribution in [2.24, 2.45) is 11.3 Å². The zero-order valence-corrected chi connectivity index (χ0v) is 18.1. The van der Waals surface area contributed by atoms with E-state index in [2.05, 4.69) is 20.8 Å². The summed E-state index contributed by atoms with van der Waals surface area (Å²) in [6.07, 6.45) is 5.51. The maximum atomic E-state index is 13.4. The van der Waals surface area contributed by atoms with Crippen LogP contribution in [0, 0.1) is 11.3 Å². The molecule has 0 amide bonds. The molecule has 0 radical (unpaired) electrons. The van der Waals surface area contributed by atoms with Gasteiger partial charge in [0.05, 0.1) is 0 Å². The first-order chi connectivity index (χ1) is 14.9. The highest BCUT2D eigenvalue weighted by atomic mass is 16.7. The molecule has 0 N–H and O–H groups in total. The molecule has 0 atom stereocenters. The number of carbonyl (C=O) groups is 1. The van der Waals surface area contributed by atoms with E-state index in [0.717, 1.165) is 58.1 Å². The van der Waals surface area contributed by atoms with E-state index in [-0.39, 0.29) is 24.8 Å². The van der Waals surface area contributed by atoms with Crippen LogP contribution in [0.15, 0.2) is 47.5 Å². The molecule has 1 fully saturated rings. The fourth-order valence-corrected chi connectivity index (χ4v) is 4.26. The maximum Gasteiger partial charge on any atom is 0.231 e. The van der Waals surface area contributed by atoms with Crippen molar-refractivity contribution in [3.63, 3.8) is 0 Å². The van der Waals surface area contributed by atoms with Crippen molar-refractivity contribution in [1.82, 2.24) is 0 Å². The number of rotatable bonds is 2. The number of fused-ring (bicyclic) bond motifs is 2. The van der Waals surface area contributed by atoms with Gasteiger partial charge in [-0.15, -0.1) is 0 Å². The lowest BCUT2D eigenvalue weighted by Gasteiger charge is -2.35. The van der Waals surface area contributed by atoms with Gasteiger partial charge in [0.1, 0.15) is 0 Å². The Morgan fingerprint density at radius 3 is 1.65 bits per heavy atom. The van der Waals surface area contributed by atoms with Crippen LogP contribution in [0.25, 0.3) is 12.2 Å². The molecule has 1 aliphatic carbocycles. The van der Waals surface area contributed by atoms with Crippen LogP contribution in [0.3, 0.4) is 0 Å². The third-order valence-electron chi connectivity index (χ3n) is 6.22.